The van der Waals surface area contributed by atoms with E-state index in [0.717, 1.165) is 15.6 Å². The van der Waals surface area contributed by atoms with Crippen LogP contribution in [0.1, 0.15) is 11.9 Å². The molecule has 0 spiro atoms. The second-order valence-electron chi connectivity index (χ2n) is 8.20. The minimum atomic E-state index is -5.64. The number of nitrogens with two attached hydrogens (primary N) is 1. The number of hydrogen-bond donors (Lipinski definition) is 7. The van der Waals surface area contributed by atoms with Crippen molar-refractivity contribution in [1.82, 2.24) is 34.5 Å². The Bertz CT molecular complexity index is 1560. The van der Waals surface area contributed by atoms with Crippen LogP contribution in [0.2, 0.25) is 0 Å². The fourth-order valence-electron chi connectivity index (χ4n) is 3.50. The zero-order valence-corrected chi connectivity index (χ0v) is 22.4. The Kier molecular flexibility index (Phi) is 8.26. The number of rotatable bonds is 11. The molecule has 7 atom stereocenters. The highest BCUT2D eigenvalue weighted by Gasteiger charge is 2.47. The third-order valence-electron chi connectivity index (χ3n) is 5.17. The summed E-state index contributed by atoms with van der Waals surface area (Å²) in [4.78, 5) is 51.4. The molecule has 4 rings (SSSR count). The lowest BCUT2D eigenvalue weighted by atomic mass is 10.1. The highest BCUT2D eigenvalue weighted by Crippen LogP contribution is 2.67. The quantitative estimate of drug-likeness (QED) is 0.119. The molecular weight excluding hydrogens is 593 g/mol. The van der Waals surface area contributed by atoms with Gasteiger partial charge in [0, 0.05) is 6.20 Å². The molecule has 1 aliphatic heterocycles. The maximum absolute atomic E-state index is 12.2. The van der Waals surface area contributed by atoms with Crippen molar-refractivity contribution in [3.63, 3.8) is 0 Å². The standard InChI is InChI=1S/C15H23N8O13P3/c1-7-4-22(21-20-7)2-3-37(27,28)35-39(31,32)36-38(29,30)33-5-8-10(24)11(25)14(34-8)23-6-17-9-12(23)18-15(16)19-13(9)26/h4,6,8,10-11,14,24-25H,2-3,5H2,1H3,(H,27,28)(H,29,30)(H,31,32)(H3,16,18,19,26). The van der Waals surface area contributed by atoms with Crippen LogP contribution in [0, 0.1) is 6.92 Å². The van der Waals surface area contributed by atoms with Gasteiger partial charge in [-0.1, -0.05) is 5.21 Å². The van der Waals surface area contributed by atoms with Gasteiger partial charge in [-0.2, -0.15) is 9.29 Å². The van der Waals surface area contributed by atoms with Gasteiger partial charge in [-0.05, 0) is 6.92 Å². The molecule has 39 heavy (non-hydrogen) atoms. The zero-order chi connectivity index (χ0) is 28.8. The summed E-state index contributed by atoms with van der Waals surface area (Å²) in [6, 6.07) is 0. The van der Waals surface area contributed by atoms with Crippen LogP contribution < -0.4 is 11.3 Å². The number of nitrogen functional groups attached to an aromatic ring is 1. The van der Waals surface area contributed by atoms with Crippen molar-refractivity contribution < 1.29 is 56.5 Å². The highest BCUT2D eigenvalue weighted by molar-refractivity contribution is 7.68. The Morgan fingerprint density at radius 3 is 2.54 bits per heavy atom. The van der Waals surface area contributed by atoms with Crippen molar-refractivity contribution in [1.29, 1.82) is 0 Å². The number of aliphatic hydroxyl groups excluding tert-OH is 2. The number of nitrogens with zero attached hydrogens (tertiary/aromatic N) is 6. The number of hydrogen-bond acceptors (Lipinski definition) is 15. The maximum atomic E-state index is 12.2. The van der Waals surface area contributed by atoms with E-state index < -0.39 is 66.1 Å². The molecule has 7 unspecified atom stereocenters. The summed E-state index contributed by atoms with van der Waals surface area (Å²) in [6.45, 7) is 0.387. The number of aromatic nitrogens is 7. The van der Waals surface area contributed by atoms with Crippen LogP contribution in [0.5, 0.6) is 0 Å². The fraction of sp³-hybridized carbons (Fsp3) is 0.533. The SMILES string of the molecule is Cc1cn(CCP(=O)(O)OP(=O)(O)OP(=O)(O)OCC2OC(n3cnc4c(=O)[nH]c(N)nc43)C(O)C2O)nn1. The van der Waals surface area contributed by atoms with Crippen LogP contribution in [-0.4, -0.2) is 90.5 Å². The first-order valence-electron chi connectivity index (χ1n) is 10.7. The summed E-state index contributed by atoms with van der Waals surface area (Å²) >= 11 is 0. The number of fused-ring (bicyclic) bond motifs is 1. The largest absolute Gasteiger partial charge is 0.488 e. The van der Waals surface area contributed by atoms with E-state index in [1.807, 2.05) is 0 Å². The molecule has 1 fully saturated rings. The smallest absolute Gasteiger partial charge is 0.387 e. The molecule has 21 nitrogen and oxygen atoms in total. The fourth-order valence-corrected chi connectivity index (χ4v) is 7.53. The third-order valence-corrected chi connectivity index (χ3v) is 9.90. The number of anilines is 1. The first-order chi connectivity index (χ1) is 18.1. The van der Waals surface area contributed by atoms with Gasteiger partial charge >= 0.3 is 23.2 Å². The average Bonchev–Trinajstić information content (AvgIpc) is 3.48. The number of imidazole rings is 1. The van der Waals surface area contributed by atoms with E-state index in [1.165, 1.54) is 6.20 Å². The molecule has 3 aromatic heterocycles. The molecule has 216 valence electrons. The van der Waals surface area contributed by atoms with Gasteiger partial charge in [-0.15, -0.1) is 5.10 Å². The summed E-state index contributed by atoms with van der Waals surface area (Å²) in [5.41, 5.74) is 5.09. The predicted molar refractivity (Wildman–Crippen MR) is 126 cm³/mol. The summed E-state index contributed by atoms with van der Waals surface area (Å²) in [7, 11) is -15.9. The Hall–Kier alpha value is -2.38. The topological polar surface area (TPSA) is 310 Å². The highest BCUT2D eigenvalue weighted by atomic mass is 31.3. The van der Waals surface area contributed by atoms with Crippen LogP contribution in [0.3, 0.4) is 0 Å². The van der Waals surface area contributed by atoms with Crippen molar-refractivity contribution in [2.24, 2.45) is 0 Å². The van der Waals surface area contributed by atoms with E-state index in [9.17, 15) is 43.4 Å². The molecule has 24 heteroatoms. The number of aromatic amines is 1. The van der Waals surface area contributed by atoms with Crippen LogP contribution >= 0.6 is 23.2 Å². The molecular formula is C15H23N8O13P3. The predicted octanol–water partition coefficient (Wildman–Crippen LogP) is -1.64. The first kappa shape index (κ1) is 29.6. The second kappa shape index (κ2) is 10.9. The van der Waals surface area contributed by atoms with Gasteiger partial charge in [-0.25, -0.2) is 18.4 Å². The number of phosphoric acid groups is 2. The minimum absolute atomic E-state index is 0.101. The summed E-state index contributed by atoms with van der Waals surface area (Å²) in [5.74, 6) is -0.267. The second-order valence-corrected chi connectivity index (χ2v) is 13.4. The lowest BCUT2D eigenvalue weighted by Gasteiger charge is -2.20. The normalized spacial score (nSPS) is 26.3. The molecule has 4 heterocycles. The first-order valence-corrected chi connectivity index (χ1v) is 15.5. The van der Waals surface area contributed by atoms with E-state index in [0.29, 0.717) is 5.69 Å². The van der Waals surface area contributed by atoms with E-state index in [-0.39, 0.29) is 23.7 Å². The van der Waals surface area contributed by atoms with Gasteiger partial charge in [0.1, 0.15) is 18.3 Å². The number of aryl methyl sites for hydroxylation is 2. The van der Waals surface area contributed by atoms with Crippen LogP contribution in [0.15, 0.2) is 17.3 Å². The lowest BCUT2D eigenvalue weighted by molar-refractivity contribution is -0.0503. The van der Waals surface area contributed by atoms with Crippen molar-refractivity contribution in [3.05, 3.63) is 28.6 Å². The van der Waals surface area contributed by atoms with Crippen molar-refractivity contribution in [3.8, 4) is 0 Å². The summed E-state index contributed by atoms with van der Waals surface area (Å²) < 4.78 is 57.0. The third kappa shape index (κ3) is 7.04. The van der Waals surface area contributed by atoms with Gasteiger partial charge in [0.25, 0.3) is 5.56 Å². The molecule has 0 radical (unpaired) electrons. The Labute approximate surface area is 216 Å². The van der Waals surface area contributed by atoms with Crippen LogP contribution in [-0.2, 0) is 38.1 Å². The van der Waals surface area contributed by atoms with E-state index in [4.69, 9.17) is 10.5 Å². The molecule has 1 saturated heterocycles. The van der Waals surface area contributed by atoms with Gasteiger partial charge in [-0.3, -0.25) is 28.1 Å². The number of H-pyrrole nitrogens is 1. The summed E-state index contributed by atoms with van der Waals surface area (Å²) in [5, 5.41) is 28.0. The van der Waals surface area contributed by atoms with Crippen LogP contribution in [0.4, 0.5) is 5.95 Å². The average molecular weight is 616 g/mol. The number of ether oxygens (including phenoxy) is 1. The van der Waals surface area contributed by atoms with Crippen molar-refractivity contribution in [2.75, 3.05) is 18.5 Å². The van der Waals surface area contributed by atoms with E-state index in [1.54, 1.807) is 6.92 Å². The zero-order valence-electron chi connectivity index (χ0n) is 19.7. The molecule has 0 amide bonds. The van der Waals surface area contributed by atoms with Gasteiger partial charge in [0.2, 0.25) is 5.95 Å². The molecule has 0 bridgehead atoms. The van der Waals surface area contributed by atoms with E-state index >= 15 is 0 Å². The van der Waals surface area contributed by atoms with Gasteiger partial charge < -0.3 is 35.4 Å². The number of phosphoric ester groups is 1. The van der Waals surface area contributed by atoms with Crippen molar-refractivity contribution in [2.45, 2.75) is 38.0 Å². The lowest BCUT2D eigenvalue weighted by Crippen LogP contribution is -2.33. The minimum Gasteiger partial charge on any atom is -0.387 e. The molecule has 3 aromatic rings. The van der Waals surface area contributed by atoms with Crippen LogP contribution in [0.25, 0.3) is 11.2 Å². The van der Waals surface area contributed by atoms with Gasteiger partial charge in [0.15, 0.2) is 17.4 Å². The molecule has 0 saturated carbocycles. The molecule has 1 aliphatic rings. The molecule has 0 aromatic carbocycles. The maximum Gasteiger partial charge on any atom is 0.488 e. The summed E-state index contributed by atoms with van der Waals surface area (Å²) in [6.07, 6.45) is -4.57. The van der Waals surface area contributed by atoms with Crippen molar-refractivity contribution >= 4 is 40.4 Å². The molecule has 0 aliphatic carbocycles. The van der Waals surface area contributed by atoms with Gasteiger partial charge in [0.05, 0.1) is 31.3 Å². The molecule has 8 N–H and O–H groups in total. The Morgan fingerprint density at radius 1 is 1.15 bits per heavy atom. The Balaban J connectivity index is 1.36. The number of nitrogens with one attached hydrogen (secondary N) is 1. The van der Waals surface area contributed by atoms with E-state index in [2.05, 4.69) is 38.4 Å². The monoisotopic (exact) mass is 616 g/mol. The Morgan fingerprint density at radius 2 is 1.87 bits per heavy atom. The number of aliphatic hydroxyl groups is 2.